The van der Waals surface area contributed by atoms with Crippen molar-refractivity contribution in [2.24, 2.45) is 17.3 Å². The van der Waals surface area contributed by atoms with Crippen LogP contribution in [0.5, 0.6) is 0 Å². The van der Waals surface area contributed by atoms with Gasteiger partial charge in [0, 0.05) is 12.5 Å². The molecule has 3 rings (SSSR count). The van der Waals surface area contributed by atoms with E-state index in [0.717, 1.165) is 25.0 Å². The van der Waals surface area contributed by atoms with Crippen molar-refractivity contribution < 1.29 is 9.53 Å². The molecule has 0 N–H and O–H groups in total. The molecule has 3 aliphatic rings. The SMILES string of the molecule is CC1=CC2C3CCOC2(C)C(C)(C3)C1=O. The van der Waals surface area contributed by atoms with Crippen molar-refractivity contribution in [3.05, 3.63) is 11.6 Å². The summed E-state index contributed by atoms with van der Waals surface area (Å²) in [4.78, 5) is 12.3. The first kappa shape index (κ1) is 9.59. The van der Waals surface area contributed by atoms with E-state index in [2.05, 4.69) is 19.9 Å². The number of Topliss-reactive ketones (excluding diaryl/α,β-unsaturated/α-hetero) is 1. The van der Waals surface area contributed by atoms with Gasteiger partial charge in [0.15, 0.2) is 5.78 Å². The third kappa shape index (κ3) is 0.878. The number of hydrogen-bond donors (Lipinski definition) is 0. The quantitative estimate of drug-likeness (QED) is 0.608. The fourth-order valence-corrected chi connectivity index (χ4v) is 4.02. The maximum absolute atomic E-state index is 12.3. The Bertz CT molecular complexity index is 371. The molecule has 2 heteroatoms. The summed E-state index contributed by atoms with van der Waals surface area (Å²) < 4.78 is 5.98. The van der Waals surface area contributed by atoms with Gasteiger partial charge < -0.3 is 4.74 Å². The zero-order valence-electron chi connectivity index (χ0n) is 9.67. The van der Waals surface area contributed by atoms with Crippen molar-refractivity contribution in [3.8, 4) is 0 Å². The molecule has 2 fully saturated rings. The van der Waals surface area contributed by atoms with Crippen molar-refractivity contribution in [3.63, 3.8) is 0 Å². The number of hydrogen-bond acceptors (Lipinski definition) is 2. The predicted molar refractivity (Wildman–Crippen MR) is 57.4 cm³/mol. The van der Waals surface area contributed by atoms with Gasteiger partial charge in [-0.3, -0.25) is 4.79 Å². The first-order chi connectivity index (χ1) is 6.99. The molecule has 4 unspecified atom stereocenters. The Morgan fingerprint density at radius 2 is 2.20 bits per heavy atom. The monoisotopic (exact) mass is 206 g/mol. The van der Waals surface area contributed by atoms with Gasteiger partial charge in [-0.2, -0.15) is 0 Å². The normalized spacial score (nSPS) is 53.0. The number of ketones is 1. The Hall–Kier alpha value is -0.630. The third-order valence-corrected chi connectivity index (χ3v) is 5.09. The molecule has 0 aromatic heterocycles. The van der Waals surface area contributed by atoms with E-state index in [0.29, 0.717) is 17.6 Å². The van der Waals surface area contributed by atoms with E-state index in [9.17, 15) is 4.79 Å². The Balaban J connectivity index is 2.20. The average Bonchev–Trinajstić information content (AvgIpc) is 2.31. The highest BCUT2D eigenvalue weighted by molar-refractivity contribution is 6.01. The van der Waals surface area contributed by atoms with Crippen molar-refractivity contribution >= 4 is 5.78 Å². The molecule has 1 aliphatic heterocycles. The van der Waals surface area contributed by atoms with Crippen LogP contribution in [-0.2, 0) is 9.53 Å². The van der Waals surface area contributed by atoms with Crippen molar-refractivity contribution in [1.82, 2.24) is 0 Å². The first-order valence-electron chi connectivity index (χ1n) is 5.86. The fraction of sp³-hybridized carbons (Fsp3) is 0.769. The number of carbonyl (C=O) groups is 1. The highest BCUT2D eigenvalue weighted by Gasteiger charge is 2.66. The summed E-state index contributed by atoms with van der Waals surface area (Å²) in [6.07, 6.45) is 4.30. The third-order valence-electron chi connectivity index (χ3n) is 5.09. The van der Waals surface area contributed by atoms with E-state index in [1.807, 2.05) is 6.92 Å². The highest BCUT2D eigenvalue weighted by atomic mass is 16.5. The predicted octanol–water partition coefficient (Wildman–Crippen LogP) is 2.34. The Morgan fingerprint density at radius 1 is 1.47 bits per heavy atom. The summed E-state index contributed by atoms with van der Waals surface area (Å²) in [6.45, 7) is 7.02. The summed E-state index contributed by atoms with van der Waals surface area (Å²) in [6, 6.07) is 0. The lowest BCUT2D eigenvalue weighted by Gasteiger charge is -2.47. The lowest BCUT2D eigenvalue weighted by atomic mass is 9.65. The van der Waals surface area contributed by atoms with Gasteiger partial charge in [0.1, 0.15) is 0 Å². The van der Waals surface area contributed by atoms with Crippen LogP contribution in [0, 0.1) is 17.3 Å². The molecule has 4 bridgehead atoms. The topological polar surface area (TPSA) is 26.3 Å². The van der Waals surface area contributed by atoms with Gasteiger partial charge in [0.2, 0.25) is 0 Å². The van der Waals surface area contributed by atoms with E-state index in [1.54, 1.807) is 0 Å². The Labute approximate surface area is 90.7 Å². The molecule has 4 atom stereocenters. The summed E-state index contributed by atoms with van der Waals surface area (Å²) in [5, 5.41) is 0. The van der Waals surface area contributed by atoms with E-state index in [-0.39, 0.29) is 11.0 Å². The number of rotatable bonds is 0. The second-order valence-electron chi connectivity index (χ2n) is 5.75. The van der Waals surface area contributed by atoms with Gasteiger partial charge in [-0.05, 0) is 45.1 Å². The van der Waals surface area contributed by atoms with E-state index < -0.39 is 0 Å². The maximum Gasteiger partial charge on any atom is 0.167 e. The van der Waals surface area contributed by atoms with E-state index in [1.165, 1.54) is 0 Å². The average molecular weight is 206 g/mol. The zero-order chi connectivity index (χ0) is 10.8. The van der Waals surface area contributed by atoms with Gasteiger partial charge in [-0.15, -0.1) is 0 Å². The lowest BCUT2D eigenvalue weighted by Crippen LogP contribution is -2.54. The largest absolute Gasteiger partial charge is 0.374 e. The van der Waals surface area contributed by atoms with Gasteiger partial charge in [0.25, 0.3) is 0 Å². The molecule has 0 spiro atoms. The molecule has 82 valence electrons. The molecule has 0 aromatic rings. The van der Waals surface area contributed by atoms with E-state index in [4.69, 9.17) is 4.74 Å². The van der Waals surface area contributed by atoms with Crippen LogP contribution in [0.3, 0.4) is 0 Å². The van der Waals surface area contributed by atoms with Crippen LogP contribution in [0.1, 0.15) is 33.6 Å². The summed E-state index contributed by atoms with van der Waals surface area (Å²) in [5.74, 6) is 1.44. The highest BCUT2D eigenvalue weighted by Crippen LogP contribution is 2.62. The minimum Gasteiger partial charge on any atom is -0.374 e. The van der Waals surface area contributed by atoms with Crippen LogP contribution in [0.25, 0.3) is 0 Å². The van der Waals surface area contributed by atoms with Crippen LogP contribution >= 0.6 is 0 Å². The molecule has 1 saturated carbocycles. The Kier molecular flexibility index (Phi) is 1.62. The standard InChI is InChI=1S/C13H18O2/c1-8-6-10-9-4-5-15-13(10,3)12(2,7-9)11(8)14/h6,9-10H,4-5,7H2,1-3H3. The number of allylic oxidation sites excluding steroid dienone is 1. The minimum absolute atomic E-state index is 0.230. The number of carbonyl (C=O) groups excluding carboxylic acids is 1. The lowest BCUT2D eigenvalue weighted by molar-refractivity contribution is -0.158. The van der Waals surface area contributed by atoms with Crippen LogP contribution in [0.15, 0.2) is 11.6 Å². The van der Waals surface area contributed by atoms with Crippen LogP contribution < -0.4 is 0 Å². The van der Waals surface area contributed by atoms with Crippen molar-refractivity contribution in [2.75, 3.05) is 6.61 Å². The molecule has 15 heavy (non-hydrogen) atoms. The summed E-state index contributed by atoms with van der Waals surface area (Å²) >= 11 is 0. The molecule has 1 heterocycles. The molecule has 0 amide bonds. The van der Waals surface area contributed by atoms with Gasteiger partial charge in [0.05, 0.1) is 11.0 Å². The van der Waals surface area contributed by atoms with Crippen molar-refractivity contribution in [2.45, 2.75) is 39.2 Å². The van der Waals surface area contributed by atoms with Crippen LogP contribution in [-0.4, -0.2) is 18.0 Å². The van der Waals surface area contributed by atoms with Crippen molar-refractivity contribution in [1.29, 1.82) is 0 Å². The van der Waals surface area contributed by atoms with Crippen LogP contribution in [0.2, 0.25) is 0 Å². The summed E-state index contributed by atoms with van der Waals surface area (Å²) in [7, 11) is 0. The van der Waals surface area contributed by atoms with Gasteiger partial charge in [-0.1, -0.05) is 6.08 Å². The smallest absolute Gasteiger partial charge is 0.167 e. The molecule has 1 saturated heterocycles. The second kappa shape index (κ2) is 2.54. The molecule has 0 radical (unpaired) electrons. The fourth-order valence-electron chi connectivity index (χ4n) is 4.02. The summed E-state index contributed by atoms with van der Waals surface area (Å²) in [5.41, 5.74) is 0.456. The molecule has 0 aromatic carbocycles. The Morgan fingerprint density at radius 3 is 2.93 bits per heavy atom. The second-order valence-corrected chi connectivity index (χ2v) is 5.75. The number of ether oxygens (including phenoxy) is 1. The first-order valence-corrected chi connectivity index (χ1v) is 5.86. The molecular weight excluding hydrogens is 188 g/mol. The molecular formula is C13H18O2. The van der Waals surface area contributed by atoms with Crippen LogP contribution in [0.4, 0.5) is 0 Å². The molecule has 2 nitrogen and oxygen atoms in total. The maximum atomic E-state index is 12.3. The van der Waals surface area contributed by atoms with Gasteiger partial charge in [-0.25, -0.2) is 0 Å². The zero-order valence-corrected chi connectivity index (χ0v) is 9.67. The molecule has 2 aliphatic carbocycles. The van der Waals surface area contributed by atoms with Gasteiger partial charge >= 0.3 is 0 Å². The van der Waals surface area contributed by atoms with E-state index >= 15 is 0 Å². The minimum atomic E-state index is -0.266.